The van der Waals surface area contributed by atoms with Crippen LogP contribution in [-0.4, -0.2) is 40.0 Å². The van der Waals surface area contributed by atoms with Crippen molar-refractivity contribution in [1.29, 1.82) is 0 Å². The smallest absolute Gasteiger partial charge is 0.316 e. The Morgan fingerprint density at radius 2 is 1.95 bits per heavy atom. The fourth-order valence-corrected chi connectivity index (χ4v) is 2.36. The number of benzene rings is 1. The van der Waals surface area contributed by atoms with E-state index >= 15 is 0 Å². The molecule has 2 aromatic rings. The monoisotopic (exact) mass is 295 g/mol. The van der Waals surface area contributed by atoms with Crippen molar-refractivity contribution < 1.29 is 9.53 Å². The highest BCUT2D eigenvalue weighted by molar-refractivity contribution is 5.91. The molecule has 1 aliphatic rings. The van der Waals surface area contributed by atoms with Crippen molar-refractivity contribution in [2.75, 3.05) is 13.1 Å². The van der Waals surface area contributed by atoms with E-state index in [4.69, 9.17) is 4.74 Å². The highest BCUT2D eigenvalue weighted by atomic mass is 16.5. The number of hydrogen-bond acceptors (Lipinski definition) is 4. The van der Waals surface area contributed by atoms with Gasteiger partial charge in [-0.15, -0.1) is 0 Å². The van der Waals surface area contributed by atoms with Crippen molar-refractivity contribution in [2.24, 2.45) is 0 Å². The first-order valence-electron chi connectivity index (χ1n) is 7.27. The molecule has 0 bridgehead atoms. The molecule has 0 saturated carbocycles. The largest absolute Gasteiger partial charge is 0.458 e. The molecule has 1 saturated heterocycles. The SMILES string of the molecule is O=C(/C=C/c1ccccc1)N1CC[C@@H](Oc2ncccn2)C1. The lowest BCUT2D eigenvalue weighted by molar-refractivity contribution is -0.125. The summed E-state index contributed by atoms with van der Waals surface area (Å²) in [6.45, 7) is 1.26. The Kier molecular flexibility index (Phi) is 4.44. The predicted octanol–water partition coefficient (Wildman–Crippen LogP) is 2.17. The second kappa shape index (κ2) is 6.85. The highest BCUT2D eigenvalue weighted by Crippen LogP contribution is 2.15. The minimum atomic E-state index is -0.0449. The lowest BCUT2D eigenvalue weighted by Crippen LogP contribution is -2.29. The maximum Gasteiger partial charge on any atom is 0.316 e. The third-order valence-corrected chi connectivity index (χ3v) is 3.49. The number of aromatic nitrogens is 2. The fourth-order valence-electron chi connectivity index (χ4n) is 2.36. The van der Waals surface area contributed by atoms with Crippen LogP contribution in [0.1, 0.15) is 12.0 Å². The lowest BCUT2D eigenvalue weighted by Gasteiger charge is -2.14. The second-order valence-electron chi connectivity index (χ2n) is 5.09. The number of amides is 1. The number of carbonyl (C=O) groups excluding carboxylic acids is 1. The normalized spacial score (nSPS) is 17.8. The lowest BCUT2D eigenvalue weighted by atomic mass is 10.2. The Morgan fingerprint density at radius 3 is 2.73 bits per heavy atom. The number of rotatable bonds is 4. The summed E-state index contributed by atoms with van der Waals surface area (Å²) in [5.41, 5.74) is 1.01. The van der Waals surface area contributed by atoms with E-state index in [0.29, 0.717) is 19.1 Å². The molecule has 2 heterocycles. The van der Waals surface area contributed by atoms with Crippen LogP contribution in [0.4, 0.5) is 0 Å². The van der Waals surface area contributed by atoms with Crippen LogP contribution >= 0.6 is 0 Å². The Morgan fingerprint density at radius 1 is 1.18 bits per heavy atom. The van der Waals surface area contributed by atoms with E-state index in [0.717, 1.165) is 12.0 Å². The number of carbonyl (C=O) groups is 1. The van der Waals surface area contributed by atoms with Crippen LogP contribution < -0.4 is 4.74 Å². The fraction of sp³-hybridized carbons (Fsp3) is 0.235. The van der Waals surface area contributed by atoms with Gasteiger partial charge < -0.3 is 9.64 Å². The zero-order valence-corrected chi connectivity index (χ0v) is 12.1. The van der Waals surface area contributed by atoms with Gasteiger partial charge in [-0.1, -0.05) is 30.3 Å². The summed E-state index contributed by atoms with van der Waals surface area (Å²) in [5.74, 6) is 0.00364. The molecule has 112 valence electrons. The van der Waals surface area contributed by atoms with Gasteiger partial charge in [0.05, 0.1) is 6.54 Å². The highest BCUT2D eigenvalue weighted by Gasteiger charge is 2.26. The number of hydrogen-bond donors (Lipinski definition) is 0. The van der Waals surface area contributed by atoms with Crippen LogP contribution in [-0.2, 0) is 4.79 Å². The first-order chi connectivity index (χ1) is 10.8. The predicted molar refractivity (Wildman–Crippen MR) is 83.1 cm³/mol. The van der Waals surface area contributed by atoms with Crippen LogP contribution in [0.5, 0.6) is 6.01 Å². The van der Waals surface area contributed by atoms with E-state index in [-0.39, 0.29) is 12.0 Å². The molecule has 0 unspecified atom stereocenters. The average molecular weight is 295 g/mol. The van der Waals surface area contributed by atoms with Gasteiger partial charge >= 0.3 is 6.01 Å². The second-order valence-corrected chi connectivity index (χ2v) is 5.09. The minimum Gasteiger partial charge on any atom is -0.458 e. The van der Waals surface area contributed by atoms with Crippen molar-refractivity contribution in [3.05, 3.63) is 60.4 Å². The van der Waals surface area contributed by atoms with Gasteiger partial charge in [-0.2, -0.15) is 0 Å². The topological polar surface area (TPSA) is 55.3 Å². The van der Waals surface area contributed by atoms with E-state index in [1.54, 1.807) is 29.4 Å². The molecule has 0 N–H and O–H groups in total. The van der Waals surface area contributed by atoms with Gasteiger partial charge in [0, 0.05) is 31.4 Å². The molecule has 3 rings (SSSR count). The molecule has 1 amide bonds. The summed E-state index contributed by atoms with van der Waals surface area (Å²) in [5, 5.41) is 0. The molecule has 0 spiro atoms. The van der Waals surface area contributed by atoms with Crippen molar-refractivity contribution in [1.82, 2.24) is 14.9 Å². The molecule has 0 aliphatic carbocycles. The van der Waals surface area contributed by atoms with E-state index in [1.807, 2.05) is 36.4 Å². The molecular weight excluding hydrogens is 278 g/mol. The molecule has 1 atom stereocenters. The van der Waals surface area contributed by atoms with Crippen LogP contribution in [0.2, 0.25) is 0 Å². The minimum absolute atomic E-state index is 0.00364. The van der Waals surface area contributed by atoms with Crippen LogP contribution in [0, 0.1) is 0 Å². The number of nitrogens with zero attached hydrogens (tertiary/aromatic N) is 3. The molecule has 1 fully saturated rings. The Bertz CT molecular complexity index is 643. The van der Waals surface area contributed by atoms with Gasteiger partial charge in [-0.05, 0) is 17.7 Å². The number of ether oxygens (including phenoxy) is 1. The van der Waals surface area contributed by atoms with E-state index in [9.17, 15) is 4.79 Å². The third kappa shape index (κ3) is 3.69. The summed E-state index contributed by atoms with van der Waals surface area (Å²) in [7, 11) is 0. The molecule has 0 radical (unpaired) electrons. The maximum atomic E-state index is 12.2. The average Bonchev–Trinajstić information content (AvgIpc) is 3.03. The van der Waals surface area contributed by atoms with Crippen molar-refractivity contribution >= 4 is 12.0 Å². The summed E-state index contributed by atoms with van der Waals surface area (Å²) < 4.78 is 5.68. The molecule has 5 heteroatoms. The zero-order chi connectivity index (χ0) is 15.2. The molecule has 1 aromatic carbocycles. The maximum absolute atomic E-state index is 12.2. The quantitative estimate of drug-likeness (QED) is 0.811. The molecule has 22 heavy (non-hydrogen) atoms. The van der Waals surface area contributed by atoms with Crippen LogP contribution in [0.3, 0.4) is 0 Å². The zero-order valence-electron chi connectivity index (χ0n) is 12.1. The van der Waals surface area contributed by atoms with Crippen molar-refractivity contribution in [3.8, 4) is 6.01 Å². The number of likely N-dealkylation sites (tertiary alicyclic amines) is 1. The third-order valence-electron chi connectivity index (χ3n) is 3.49. The van der Waals surface area contributed by atoms with E-state index < -0.39 is 0 Å². The van der Waals surface area contributed by atoms with Crippen molar-refractivity contribution in [2.45, 2.75) is 12.5 Å². The van der Waals surface area contributed by atoms with Gasteiger partial charge in [0.15, 0.2) is 0 Å². The van der Waals surface area contributed by atoms with Gasteiger partial charge in [0.25, 0.3) is 0 Å². The molecule has 1 aliphatic heterocycles. The van der Waals surface area contributed by atoms with E-state index in [1.165, 1.54) is 0 Å². The van der Waals surface area contributed by atoms with Gasteiger partial charge in [-0.25, -0.2) is 9.97 Å². The summed E-state index contributed by atoms with van der Waals surface area (Å²) in [4.78, 5) is 22.0. The van der Waals surface area contributed by atoms with Crippen molar-refractivity contribution in [3.63, 3.8) is 0 Å². The van der Waals surface area contributed by atoms with E-state index in [2.05, 4.69) is 9.97 Å². The summed E-state index contributed by atoms with van der Waals surface area (Å²) >= 11 is 0. The van der Waals surface area contributed by atoms with Gasteiger partial charge in [0.1, 0.15) is 6.10 Å². The van der Waals surface area contributed by atoms with Gasteiger partial charge in [0.2, 0.25) is 5.91 Å². The Labute approximate surface area is 129 Å². The first-order valence-corrected chi connectivity index (χ1v) is 7.27. The Hall–Kier alpha value is -2.69. The van der Waals surface area contributed by atoms with Gasteiger partial charge in [-0.3, -0.25) is 4.79 Å². The summed E-state index contributed by atoms with van der Waals surface area (Å²) in [6, 6.07) is 11.9. The molecular formula is C17H17N3O2. The molecule has 1 aromatic heterocycles. The van der Waals surface area contributed by atoms with Crippen LogP contribution in [0.15, 0.2) is 54.9 Å². The standard InChI is InChI=1S/C17H17N3O2/c21-16(8-7-14-5-2-1-3-6-14)20-12-9-15(13-20)22-17-18-10-4-11-19-17/h1-8,10-11,15H,9,12-13H2/b8-7+/t15-/m1/s1. The molecule has 5 nitrogen and oxygen atoms in total. The summed E-state index contributed by atoms with van der Waals surface area (Å²) in [6.07, 6.45) is 7.47. The van der Waals surface area contributed by atoms with Crippen LogP contribution in [0.25, 0.3) is 6.08 Å². The first kappa shape index (κ1) is 14.3. The Balaban J connectivity index is 1.54.